The molecule has 23 heavy (non-hydrogen) atoms. The molecule has 0 fully saturated rings. The molecule has 0 radical (unpaired) electrons. The Kier molecular flexibility index (Phi) is 6.02. The molecule has 0 saturated carbocycles. The molecule has 0 bridgehead atoms. The number of methoxy groups -OCH3 is 1. The Bertz CT molecular complexity index is 661. The smallest absolute Gasteiger partial charge is 0.238 e. The van der Waals surface area contributed by atoms with Crippen LogP contribution in [0.4, 0.5) is 5.69 Å². The summed E-state index contributed by atoms with van der Waals surface area (Å²) in [7, 11) is 3.48. The zero-order valence-electron chi connectivity index (χ0n) is 13.5. The normalized spacial score (nSPS) is 12.0. The summed E-state index contributed by atoms with van der Waals surface area (Å²) in [5.41, 5.74) is 1.74. The SMILES string of the molecule is COc1ccc(Cl)cc1NC(=O)CN(C)C(C)c1ccccc1. The average Bonchev–Trinajstić information content (AvgIpc) is 2.55. The van der Waals surface area contributed by atoms with Crippen LogP contribution in [-0.2, 0) is 4.79 Å². The lowest BCUT2D eigenvalue weighted by atomic mass is 10.1. The minimum Gasteiger partial charge on any atom is -0.495 e. The number of anilines is 1. The molecular weight excluding hydrogens is 312 g/mol. The van der Waals surface area contributed by atoms with Crippen LogP contribution in [0, 0.1) is 0 Å². The average molecular weight is 333 g/mol. The monoisotopic (exact) mass is 332 g/mol. The number of benzene rings is 2. The molecule has 1 unspecified atom stereocenters. The highest BCUT2D eigenvalue weighted by molar-refractivity contribution is 6.31. The Morgan fingerprint density at radius 1 is 1.26 bits per heavy atom. The van der Waals surface area contributed by atoms with E-state index >= 15 is 0 Å². The third kappa shape index (κ3) is 4.71. The summed E-state index contributed by atoms with van der Waals surface area (Å²) in [5.74, 6) is 0.470. The van der Waals surface area contributed by atoms with Crippen molar-refractivity contribution in [2.24, 2.45) is 0 Å². The van der Waals surface area contributed by atoms with Crippen molar-refractivity contribution in [2.45, 2.75) is 13.0 Å². The number of hydrogen-bond acceptors (Lipinski definition) is 3. The van der Waals surface area contributed by atoms with Crippen LogP contribution in [-0.4, -0.2) is 31.5 Å². The van der Waals surface area contributed by atoms with Crippen molar-refractivity contribution in [1.82, 2.24) is 4.90 Å². The summed E-state index contributed by atoms with van der Waals surface area (Å²) in [5, 5.41) is 3.40. The van der Waals surface area contributed by atoms with Crippen LogP contribution >= 0.6 is 11.6 Å². The fourth-order valence-corrected chi connectivity index (χ4v) is 2.49. The van der Waals surface area contributed by atoms with Gasteiger partial charge in [-0.15, -0.1) is 0 Å². The van der Waals surface area contributed by atoms with E-state index in [0.29, 0.717) is 16.5 Å². The molecule has 0 aliphatic rings. The van der Waals surface area contributed by atoms with Crippen molar-refractivity contribution in [3.8, 4) is 5.75 Å². The zero-order valence-corrected chi connectivity index (χ0v) is 14.3. The quantitative estimate of drug-likeness (QED) is 0.870. The lowest BCUT2D eigenvalue weighted by Gasteiger charge is -2.24. The molecule has 4 nitrogen and oxygen atoms in total. The number of rotatable bonds is 6. The number of carbonyl (C=O) groups is 1. The van der Waals surface area contributed by atoms with Crippen molar-refractivity contribution in [3.63, 3.8) is 0 Å². The molecular formula is C18H21ClN2O2. The van der Waals surface area contributed by atoms with Gasteiger partial charge in [0.05, 0.1) is 19.3 Å². The van der Waals surface area contributed by atoms with E-state index in [9.17, 15) is 4.79 Å². The van der Waals surface area contributed by atoms with E-state index in [1.165, 1.54) is 5.56 Å². The Hall–Kier alpha value is -2.04. The van der Waals surface area contributed by atoms with Gasteiger partial charge in [-0.05, 0) is 37.7 Å². The highest BCUT2D eigenvalue weighted by atomic mass is 35.5. The molecule has 1 amide bonds. The Labute approximate surface area is 142 Å². The number of amides is 1. The predicted octanol–water partition coefficient (Wildman–Crippen LogP) is 3.98. The van der Waals surface area contributed by atoms with E-state index in [-0.39, 0.29) is 18.5 Å². The number of nitrogens with zero attached hydrogens (tertiary/aromatic N) is 1. The summed E-state index contributed by atoms with van der Waals surface area (Å²) in [6, 6.07) is 15.4. The second-order valence-corrected chi connectivity index (χ2v) is 5.83. The van der Waals surface area contributed by atoms with Crippen LogP contribution in [0.15, 0.2) is 48.5 Å². The Morgan fingerprint density at radius 3 is 2.61 bits per heavy atom. The van der Waals surface area contributed by atoms with Crippen LogP contribution in [0.25, 0.3) is 0 Å². The minimum absolute atomic E-state index is 0.115. The molecule has 0 saturated heterocycles. The maximum absolute atomic E-state index is 12.3. The first kappa shape index (κ1) is 17.3. The van der Waals surface area contributed by atoms with E-state index in [2.05, 4.69) is 24.4 Å². The lowest BCUT2D eigenvalue weighted by molar-refractivity contribution is -0.117. The molecule has 2 aromatic carbocycles. The number of ether oxygens (including phenoxy) is 1. The molecule has 0 spiro atoms. The topological polar surface area (TPSA) is 41.6 Å². The maximum Gasteiger partial charge on any atom is 0.238 e. The van der Waals surface area contributed by atoms with Gasteiger partial charge < -0.3 is 10.1 Å². The summed E-state index contributed by atoms with van der Waals surface area (Å²) < 4.78 is 5.24. The fraction of sp³-hybridized carbons (Fsp3) is 0.278. The van der Waals surface area contributed by atoms with E-state index in [4.69, 9.17) is 16.3 Å². The summed E-state index contributed by atoms with van der Waals surface area (Å²) in [6.07, 6.45) is 0. The molecule has 1 N–H and O–H groups in total. The number of halogens is 1. The first-order valence-electron chi connectivity index (χ1n) is 7.40. The Morgan fingerprint density at radius 2 is 1.96 bits per heavy atom. The van der Waals surface area contributed by atoms with Crippen LogP contribution in [0.5, 0.6) is 5.75 Å². The van der Waals surface area contributed by atoms with Gasteiger partial charge in [0.2, 0.25) is 5.91 Å². The van der Waals surface area contributed by atoms with E-state index in [1.54, 1.807) is 25.3 Å². The summed E-state index contributed by atoms with van der Waals surface area (Å²) in [4.78, 5) is 14.3. The van der Waals surface area contributed by atoms with Gasteiger partial charge in [0.25, 0.3) is 0 Å². The van der Waals surface area contributed by atoms with Crippen LogP contribution in [0.3, 0.4) is 0 Å². The van der Waals surface area contributed by atoms with E-state index in [0.717, 1.165) is 0 Å². The highest BCUT2D eigenvalue weighted by Gasteiger charge is 2.16. The zero-order chi connectivity index (χ0) is 16.8. The van der Waals surface area contributed by atoms with Gasteiger partial charge in [-0.25, -0.2) is 0 Å². The molecule has 0 aromatic heterocycles. The number of nitrogens with one attached hydrogen (secondary N) is 1. The van der Waals surface area contributed by atoms with E-state index < -0.39 is 0 Å². The van der Waals surface area contributed by atoms with Crippen molar-refractivity contribution >= 4 is 23.2 Å². The van der Waals surface area contributed by atoms with Gasteiger partial charge in [0.1, 0.15) is 5.75 Å². The van der Waals surface area contributed by atoms with Crippen molar-refractivity contribution in [1.29, 1.82) is 0 Å². The molecule has 0 heterocycles. The van der Waals surface area contributed by atoms with Gasteiger partial charge in [-0.1, -0.05) is 41.9 Å². The van der Waals surface area contributed by atoms with Crippen molar-refractivity contribution in [2.75, 3.05) is 26.0 Å². The van der Waals surface area contributed by atoms with Crippen LogP contribution in [0.2, 0.25) is 5.02 Å². The predicted molar refractivity (Wildman–Crippen MR) is 94.1 cm³/mol. The number of likely N-dealkylation sites (N-methyl/N-ethyl adjacent to an activating group) is 1. The third-order valence-electron chi connectivity index (χ3n) is 3.77. The fourth-order valence-electron chi connectivity index (χ4n) is 2.32. The molecule has 1 atom stereocenters. The lowest BCUT2D eigenvalue weighted by Crippen LogP contribution is -2.32. The number of carbonyl (C=O) groups excluding carboxylic acids is 1. The molecule has 2 rings (SSSR count). The van der Waals surface area contributed by atoms with Gasteiger partial charge in [0.15, 0.2) is 0 Å². The first-order valence-corrected chi connectivity index (χ1v) is 7.77. The second-order valence-electron chi connectivity index (χ2n) is 5.39. The largest absolute Gasteiger partial charge is 0.495 e. The van der Waals surface area contributed by atoms with E-state index in [1.807, 2.05) is 30.1 Å². The molecule has 5 heteroatoms. The standard InChI is InChI=1S/C18H21ClN2O2/c1-13(14-7-5-4-6-8-14)21(2)12-18(22)20-16-11-15(19)9-10-17(16)23-3/h4-11,13H,12H2,1-3H3,(H,20,22). The van der Waals surface area contributed by atoms with Gasteiger partial charge in [0, 0.05) is 11.1 Å². The summed E-state index contributed by atoms with van der Waals surface area (Å²) in [6.45, 7) is 2.34. The van der Waals surface area contributed by atoms with Gasteiger partial charge in [-0.2, -0.15) is 0 Å². The highest BCUT2D eigenvalue weighted by Crippen LogP contribution is 2.27. The van der Waals surface area contributed by atoms with Gasteiger partial charge in [-0.3, -0.25) is 9.69 Å². The number of hydrogen-bond donors (Lipinski definition) is 1. The Balaban J connectivity index is 2.01. The minimum atomic E-state index is -0.115. The first-order chi connectivity index (χ1) is 11.0. The van der Waals surface area contributed by atoms with Crippen LogP contribution < -0.4 is 10.1 Å². The molecule has 2 aromatic rings. The molecule has 0 aliphatic heterocycles. The molecule has 0 aliphatic carbocycles. The second kappa shape index (κ2) is 7.99. The van der Waals surface area contributed by atoms with Crippen LogP contribution in [0.1, 0.15) is 18.5 Å². The summed E-state index contributed by atoms with van der Waals surface area (Å²) >= 11 is 5.98. The van der Waals surface area contributed by atoms with Crippen molar-refractivity contribution in [3.05, 3.63) is 59.1 Å². The van der Waals surface area contributed by atoms with Crippen molar-refractivity contribution < 1.29 is 9.53 Å². The molecule has 122 valence electrons. The van der Waals surface area contributed by atoms with Gasteiger partial charge >= 0.3 is 0 Å². The third-order valence-corrected chi connectivity index (χ3v) is 4.01. The maximum atomic E-state index is 12.3.